The molecule has 1 unspecified atom stereocenters. The predicted octanol–water partition coefficient (Wildman–Crippen LogP) is 3.10. The number of hydrogen-bond donors (Lipinski definition) is 1. The van der Waals surface area contributed by atoms with E-state index in [4.69, 9.17) is 0 Å². The summed E-state index contributed by atoms with van der Waals surface area (Å²) in [5, 5.41) is 3.48. The van der Waals surface area contributed by atoms with E-state index in [1.54, 1.807) is 13.0 Å². The maximum Gasteiger partial charge on any atom is 0.126 e. The molecule has 0 radical (unpaired) electrons. The van der Waals surface area contributed by atoms with Crippen LogP contribution in [0.4, 0.5) is 4.39 Å². The van der Waals surface area contributed by atoms with E-state index in [9.17, 15) is 4.39 Å². The molecule has 1 atom stereocenters. The summed E-state index contributed by atoms with van der Waals surface area (Å²) in [5.41, 5.74) is 1.73. The minimum Gasteiger partial charge on any atom is -0.309 e. The molecule has 1 saturated heterocycles. The zero-order chi connectivity index (χ0) is 13.7. The maximum atomic E-state index is 13.4. The van der Waals surface area contributed by atoms with Crippen molar-refractivity contribution in [1.82, 2.24) is 10.2 Å². The van der Waals surface area contributed by atoms with Crippen LogP contribution in [0, 0.1) is 12.7 Å². The first-order valence-electron chi connectivity index (χ1n) is 7.36. The average Bonchev–Trinajstić information content (AvgIpc) is 2.41. The lowest BCUT2D eigenvalue weighted by atomic mass is 10.1. The smallest absolute Gasteiger partial charge is 0.126 e. The molecule has 19 heavy (non-hydrogen) atoms. The molecule has 0 bridgehead atoms. The topological polar surface area (TPSA) is 15.3 Å². The number of piperidine rings is 1. The number of halogens is 1. The maximum absolute atomic E-state index is 13.4. The van der Waals surface area contributed by atoms with Gasteiger partial charge in [-0.2, -0.15) is 0 Å². The Morgan fingerprint density at radius 1 is 1.26 bits per heavy atom. The van der Waals surface area contributed by atoms with Crippen molar-refractivity contribution in [2.75, 3.05) is 19.6 Å². The van der Waals surface area contributed by atoms with Crippen molar-refractivity contribution in [2.45, 2.75) is 45.7 Å². The van der Waals surface area contributed by atoms with E-state index in [-0.39, 0.29) is 5.82 Å². The highest BCUT2D eigenvalue weighted by molar-refractivity contribution is 5.23. The minimum atomic E-state index is -0.108. The second kappa shape index (κ2) is 7.01. The van der Waals surface area contributed by atoms with Crippen molar-refractivity contribution in [3.05, 3.63) is 35.1 Å². The number of hydrogen-bond acceptors (Lipinski definition) is 2. The first-order valence-corrected chi connectivity index (χ1v) is 7.36. The molecule has 106 valence electrons. The fourth-order valence-corrected chi connectivity index (χ4v) is 2.63. The standard InChI is InChI=1S/C16H25FN2/c1-13-6-7-15(10-16(13)17)11-18-14(2)12-19-8-4-3-5-9-19/h6-7,10,14,18H,3-5,8-9,11-12H2,1-2H3. The Labute approximate surface area is 116 Å². The van der Waals surface area contributed by atoms with Crippen molar-refractivity contribution in [1.29, 1.82) is 0 Å². The molecule has 3 heteroatoms. The fourth-order valence-electron chi connectivity index (χ4n) is 2.63. The van der Waals surface area contributed by atoms with Gasteiger partial charge in [0, 0.05) is 19.1 Å². The van der Waals surface area contributed by atoms with Gasteiger partial charge in [-0.1, -0.05) is 18.6 Å². The molecule has 2 rings (SSSR count). The monoisotopic (exact) mass is 264 g/mol. The van der Waals surface area contributed by atoms with Crippen LogP contribution >= 0.6 is 0 Å². The van der Waals surface area contributed by atoms with E-state index in [1.165, 1.54) is 32.4 Å². The lowest BCUT2D eigenvalue weighted by molar-refractivity contribution is 0.209. The van der Waals surface area contributed by atoms with Gasteiger partial charge in [0.2, 0.25) is 0 Å². The van der Waals surface area contributed by atoms with Crippen LogP contribution < -0.4 is 5.32 Å². The van der Waals surface area contributed by atoms with E-state index >= 15 is 0 Å². The molecule has 1 N–H and O–H groups in total. The van der Waals surface area contributed by atoms with Crippen molar-refractivity contribution in [3.8, 4) is 0 Å². The van der Waals surface area contributed by atoms with Crippen LogP contribution in [-0.4, -0.2) is 30.6 Å². The van der Waals surface area contributed by atoms with Crippen molar-refractivity contribution < 1.29 is 4.39 Å². The van der Waals surface area contributed by atoms with Crippen LogP contribution in [0.25, 0.3) is 0 Å². The van der Waals surface area contributed by atoms with Gasteiger partial charge in [0.25, 0.3) is 0 Å². The van der Waals surface area contributed by atoms with Gasteiger partial charge in [0.15, 0.2) is 0 Å². The predicted molar refractivity (Wildman–Crippen MR) is 77.7 cm³/mol. The third-order valence-electron chi connectivity index (χ3n) is 3.87. The molecular formula is C16H25FN2. The Morgan fingerprint density at radius 3 is 2.68 bits per heavy atom. The molecule has 1 aliphatic heterocycles. The van der Waals surface area contributed by atoms with E-state index < -0.39 is 0 Å². The van der Waals surface area contributed by atoms with Gasteiger partial charge in [0.1, 0.15) is 5.82 Å². The quantitative estimate of drug-likeness (QED) is 0.879. The molecule has 0 aromatic heterocycles. The van der Waals surface area contributed by atoms with E-state index in [2.05, 4.69) is 17.1 Å². The molecule has 2 nitrogen and oxygen atoms in total. The molecule has 1 aliphatic rings. The SMILES string of the molecule is Cc1ccc(CNC(C)CN2CCCCC2)cc1F. The average molecular weight is 264 g/mol. The van der Waals surface area contributed by atoms with Gasteiger partial charge in [-0.3, -0.25) is 0 Å². The second-order valence-corrected chi connectivity index (χ2v) is 5.73. The summed E-state index contributed by atoms with van der Waals surface area (Å²) in [6, 6.07) is 5.93. The van der Waals surface area contributed by atoms with Crippen LogP contribution in [0.15, 0.2) is 18.2 Å². The summed E-state index contributed by atoms with van der Waals surface area (Å²) in [6.07, 6.45) is 4.03. The molecule has 0 aliphatic carbocycles. The molecular weight excluding hydrogens is 239 g/mol. The lowest BCUT2D eigenvalue weighted by Crippen LogP contribution is -2.41. The zero-order valence-electron chi connectivity index (χ0n) is 12.1. The van der Waals surface area contributed by atoms with Crippen LogP contribution in [0.3, 0.4) is 0 Å². The molecule has 1 aromatic carbocycles. The number of likely N-dealkylation sites (tertiary alicyclic amines) is 1. The van der Waals surface area contributed by atoms with Gasteiger partial charge in [-0.25, -0.2) is 4.39 Å². The lowest BCUT2D eigenvalue weighted by Gasteiger charge is -2.29. The third-order valence-corrected chi connectivity index (χ3v) is 3.87. The summed E-state index contributed by atoms with van der Waals surface area (Å²) in [5.74, 6) is -0.108. The van der Waals surface area contributed by atoms with Gasteiger partial charge < -0.3 is 10.2 Å². The molecule has 1 aromatic rings. The highest BCUT2D eigenvalue weighted by atomic mass is 19.1. The Morgan fingerprint density at radius 2 is 2.00 bits per heavy atom. The Bertz CT molecular complexity index is 400. The molecule has 1 heterocycles. The first kappa shape index (κ1) is 14.5. The number of nitrogens with zero attached hydrogens (tertiary/aromatic N) is 1. The van der Waals surface area contributed by atoms with Crippen molar-refractivity contribution >= 4 is 0 Å². The fraction of sp³-hybridized carbons (Fsp3) is 0.625. The highest BCUT2D eigenvalue weighted by Crippen LogP contribution is 2.10. The Hall–Kier alpha value is -0.930. The van der Waals surface area contributed by atoms with Crippen LogP contribution in [-0.2, 0) is 6.54 Å². The number of rotatable bonds is 5. The van der Waals surface area contributed by atoms with E-state index in [1.807, 2.05) is 12.1 Å². The van der Waals surface area contributed by atoms with Crippen molar-refractivity contribution in [2.24, 2.45) is 0 Å². The summed E-state index contributed by atoms with van der Waals surface area (Å²) in [6.45, 7) is 8.29. The van der Waals surface area contributed by atoms with Crippen molar-refractivity contribution in [3.63, 3.8) is 0 Å². The molecule has 0 spiro atoms. The van der Waals surface area contributed by atoms with Gasteiger partial charge in [-0.15, -0.1) is 0 Å². The first-order chi connectivity index (χ1) is 9.15. The second-order valence-electron chi connectivity index (χ2n) is 5.73. The van der Waals surface area contributed by atoms with Crippen LogP contribution in [0.5, 0.6) is 0 Å². The number of aryl methyl sites for hydroxylation is 1. The number of benzene rings is 1. The zero-order valence-corrected chi connectivity index (χ0v) is 12.1. The third kappa shape index (κ3) is 4.59. The molecule has 0 amide bonds. The number of nitrogens with one attached hydrogen (secondary N) is 1. The van der Waals surface area contributed by atoms with Gasteiger partial charge in [-0.05, 0) is 57.0 Å². The van der Waals surface area contributed by atoms with E-state index in [0.717, 1.165) is 18.7 Å². The molecule has 1 fully saturated rings. The minimum absolute atomic E-state index is 0.108. The largest absolute Gasteiger partial charge is 0.309 e. The van der Waals surface area contributed by atoms with Gasteiger partial charge in [0.05, 0.1) is 0 Å². The Balaban J connectivity index is 1.75. The van der Waals surface area contributed by atoms with E-state index in [0.29, 0.717) is 11.6 Å². The molecule has 0 saturated carbocycles. The summed E-state index contributed by atoms with van der Waals surface area (Å²) in [4.78, 5) is 2.52. The van der Waals surface area contributed by atoms with Gasteiger partial charge >= 0.3 is 0 Å². The highest BCUT2D eigenvalue weighted by Gasteiger charge is 2.13. The normalized spacial score (nSPS) is 18.5. The summed E-state index contributed by atoms with van der Waals surface area (Å²) in [7, 11) is 0. The van der Waals surface area contributed by atoms with Crippen LogP contribution in [0.1, 0.15) is 37.3 Å². The Kier molecular flexibility index (Phi) is 5.34. The van der Waals surface area contributed by atoms with Crippen LogP contribution in [0.2, 0.25) is 0 Å². The summed E-state index contributed by atoms with van der Waals surface area (Å²) < 4.78 is 13.4. The summed E-state index contributed by atoms with van der Waals surface area (Å²) >= 11 is 0.